The van der Waals surface area contributed by atoms with Crippen molar-refractivity contribution in [3.8, 4) is 29.0 Å². The summed E-state index contributed by atoms with van der Waals surface area (Å²) in [7, 11) is 0. The van der Waals surface area contributed by atoms with Gasteiger partial charge in [0.2, 0.25) is 0 Å². The fourth-order valence-corrected chi connectivity index (χ4v) is 9.44. The third-order valence-electron chi connectivity index (χ3n) is 10.8. The number of hydrogen-bond donors (Lipinski definition) is 2. The average Bonchev–Trinajstić information content (AvgIpc) is 3.73. The zero-order valence-corrected chi connectivity index (χ0v) is 29.6. The Labute approximate surface area is 300 Å². The summed E-state index contributed by atoms with van der Waals surface area (Å²) in [4.78, 5) is 17.9. The molecule has 0 unspecified atom stereocenters. The fourth-order valence-electron chi connectivity index (χ4n) is 8.16. The molecule has 10 nitrogen and oxygen atoms in total. The number of nitriles is 1. The van der Waals surface area contributed by atoms with Gasteiger partial charge in [0.15, 0.2) is 11.6 Å². The molecule has 8 rings (SSSR count). The van der Waals surface area contributed by atoms with Crippen LogP contribution >= 0.6 is 22.9 Å². The van der Waals surface area contributed by atoms with E-state index in [-0.39, 0.29) is 72.1 Å². The van der Waals surface area contributed by atoms with Crippen LogP contribution in [0.15, 0.2) is 30.5 Å². The molecular formula is C36H34ClF3N8O2S. The summed E-state index contributed by atoms with van der Waals surface area (Å²) in [5.41, 5.74) is 12.6. The highest BCUT2D eigenvalue weighted by Gasteiger charge is 2.49. The fraction of sp³-hybridized carbons (Fsp3) is 0.389. The van der Waals surface area contributed by atoms with Crippen LogP contribution in [-0.2, 0) is 0 Å². The standard InChI is InChI=1S/C36H34ClF3N8O2S/c1-16-18(3)50-30-26-29(28(40)25(27(30)37)21-7-8-23(39)31-24(21)22(13-41)33(43)51-31)45-35(49-15-36-9-5-11-47(36)14-19(38)12-36)46-34(26)48(16)17(2)20-6-4-10-44-32(20)42/h4,6-8,10,16-19H,5,9,11-12,14-15,43H2,1-3H3,(H2,42,44)/t16-,17+,18+,19+,36-/m0/s1. The molecule has 15 heteroatoms. The molecule has 3 aromatic heterocycles. The molecule has 2 aromatic carbocycles. The molecule has 3 aliphatic heterocycles. The second kappa shape index (κ2) is 12.3. The molecule has 51 heavy (non-hydrogen) atoms. The van der Waals surface area contributed by atoms with Crippen molar-refractivity contribution in [2.24, 2.45) is 0 Å². The molecule has 5 atom stereocenters. The molecule has 6 heterocycles. The molecule has 4 N–H and O–H groups in total. The number of nitrogen functional groups attached to an aromatic ring is 2. The maximum Gasteiger partial charge on any atom is 0.319 e. The van der Waals surface area contributed by atoms with Crippen LogP contribution in [0.2, 0.25) is 5.02 Å². The number of halogens is 4. The molecule has 0 radical (unpaired) electrons. The van der Waals surface area contributed by atoms with E-state index in [1.54, 1.807) is 12.3 Å². The van der Waals surface area contributed by atoms with E-state index in [0.717, 1.165) is 30.7 Å². The van der Waals surface area contributed by atoms with Crippen molar-refractivity contribution in [2.45, 2.75) is 69.9 Å². The molecule has 0 saturated carbocycles. The van der Waals surface area contributed by atoms with E-state index in [9.17, 15) is 9.65 Å². The number of pyridine rings is 1. The van der Waals surface area contributed by atoms with E-state index in [0.29, 0.717) is 30.2 Å². The van der Waals surface area contributed by atoms with E-state index in [4.69, 9.17) is 37.5 Å². The molecule has 2 saturated heterocycles. The summed E-state index contributed by atoms with van der Waals surface area (Å²) >= 11 is 8.04. The topological polar surface area (TPSA) is 139 Å². The van der Waals surface area contributed by atoms with Gasteiger partial charge in [0.1, 0.15) is 52.9 Å². The van der Waals surface area contributed by atoms with Gasteiger partial charge in [0, 0.05) is 35.7 Å². The highest BCUT2D eigenvalue weighted by molar-refractivity contribution is 7.23. The van der Waals surface area contributed by atoms with Gasteiger partial charge in [-0.25, -0.2) is 18.2 Å². The van der Waals surface area contributed by atoms with Gasteiger partial charge in [-0.1, -0.05) is 23.7 Å². The number of hydrogen-bond acceptors (Lipinski definition) is 11. The third kappa shape index (κ3) is 5.11. The highest BCUT2D eigenvalue weighted by Crippen LogP contribution is 2.52. The molecule has 2 fully saturated rings. The Balaban J connectivity index is 1.39. The maximum atomic E-state index is 17.4. The number of benzene rings is 2. The molecule has 0 spiro atoms. The molecule has 0 amide bonds. The Morgan fingerprint density at radius 2 is 2.02 bits per heavy atom. The monoisotopic (exact) mass is 734 g/mol. The summed E-state index contributed by atoms with van der Waals surface area (Å²) in [5.74, 6) is -0.722. The van der Waals surface area contributed by atoms with Crippen LogP contribution in [0, 0.1) is 23.0 Å². The van der Waals surface area contributed by atoms with Crippen LogP contribution in [0.5, 0.6) is 11.8 Å². The number of alkyl halides is 1. The normalized spacial score (nSPS) is 23.6. The number of anilines is 3. The quantitative estimate of drug-likeness (QED) is 0.180. The van der Waals surface area contributed by atoms with E-state index < -0.39 is 35.5 Å². The van der Waals surface area contributed by atoms with Crippen LogP contribution in [-0.4, -0.2) is 63.4 Å². The molecule has 3 aliphatic rings. The lowest BCUT2D eigenvalue weighted by Gasteiger charge is -2.37. The molecule has 0 bridgehead atoms. The lowest BCUT2D eigenvalue weighted by atomic mass is 9.95. The number of rotatable bonds is 6. The van der Waals surface area contributed by atoms with E-state index >= 15 is 8.78 Å². The first-order chi connectivity index (χ1) is 24.4. The lowest BCUT2D eigenvalue weighted by molar-refractivity contribution is 0.107. The maximum absolute atomic E-state index is 17.4. The first-order valence-corrected chi connectivity index (χ1v) is 17.9. The zero-order chi connectivity index (χ0) is 35.9. The minimum atomic E-state index is -0.974. The molecule has 264 valence electrons. The molecule has 0 aliphatic carbocycles. The Bertz CT molecular complexity index is 2280. The Kier molecular flexibility index (Phi) is 8.08. The molecule has 5 aromatic rings. The van der Waals surface area contributed by atoms with Gasteiger partial charge in [-0.2, -0.15) is 15.2 Å². The van der Waals surface area contributed by atoms with Gasteiger partial charge < -0.3 is 25.8 Å². The van der Waals surface area contributed by atoms with Crippen LogP contribution in [0.1, 0.15) is 57.2 Å². The minimum absolute atomic E-state index is 0.0124. The highest BCUT2D eigenvalue weighted by atomic mass is 35.5. The van der Waals surface area contributed by atoms with Gasteiger partial charge in [0.05, 0.1) is 38.3 Å². The second-order valence-electron chi connectivity index (χ2n) is 13.6. The lowest BCUT2D eigenvalue weighted by Crippen LogP contribution is -2.44. The largest absolute Gasteiger partial charge is 0.486 e. The van der Waals surface area contributed by atoms with Gasteiger partial charge in [-0.15, -0.1) is 11.3 Å². The number of fused-ring (bicyclic) bond motifs is 2. The predicted molar refractivity (Wildman–Crippen MR) is 192 cm³/mol. The van der Waals surface area contributed by atoms with Crippen molar-refractivity contribution in [1.29, 1.82) is 5.26 Å². The van der Waals surface area contributed by atoms with Crippen molar-refractivity contribution < 1.29 is 22.6 Å². The first kappa shape index (κ1) is 33.6. The van der Waals surface area contributed by atoms with E-state index in [1.807, 2.05) is 37.8 Å². The van der Waals surface area contributed by atoms with Gasteiger partial charge >= 0.3 is 6.01 Å². The zero-order valence-electron chi connectivity index (χ0n) is 28.0. The summed E-state index contributed by atoms with van der Waals surface area (Å²) < 4.78 is 60.2. The second-order valence-corrected chi connectivity index (χ2v) is 15.1. The predicted octanol–water partition coefficient (Wildman–Crippen LogP) is 7.57. The number of thiophene rings is 1. The van der Waals surface area contributed by atoms with Crippen LogP contribution in [0.3, 0.4) is 0 Å². The summed E-state index contributed by atoms with van der Waals surface area (Å²) in [5, 5.41) is 10.3. The molecular weight excluding hydrogens is 701 g/mol. The van der Waals surface area contributed by atoms with E-state index in [1.165, 1.54) is 12.1 Å². The average molecular weight is 735 g/mol. The van der Waals surface area contributed by atoms with Crippen molar-refractivity contribution in [3.05, 3.63) is 58.2 Å². The van der Waals surface area contributed by atoms with Crippen LogP contribution < -0.4 is 25.8 Å². The summed E-state index contributed by atoms with van der Waals surface area (Å²) in [6.45, 7) is 6.97. The van der Waals surface area contributed by atoms with Crippen molar-refractivity contribution in [3.63, 3.8) is 0 Å². The summed E-state index contributed by atoms with van der Waals surface area (Å²) in [6, 6.07) is 7.32. The van der Waals surface area contributed by atoms with Gasteiger partial charge in [-0.3, -0.25) is 4.90 Å². The number of aromatic nitrogens is 3. The Hall–Kier alpha value is -4.58. The van der Waals surface area contributed by atoms with Crippen molar-refractivity contribution in [2.75, 3.05) is 36.1 Å². The SMILES string of the molecule is C[C@H](c1cccnc1N)N1c2nc(OC[C@@]34CCCN3C[C@H](F)C4)nc3c(F)c(-c4ccc(F)c5sc(N)c(C#N)c45)c(Cl)c(c23)O[C@H](C)[C@@H]1C. The smallest absolute Gasteiger partial charge is 0.319 e. The number of nitrogens with two attached hydrogens (primary N) is 2. The van der Waals surface area contributed by atoms with Crippen LogP contribution in [0.25, 0.3) is 32.1 Å². The van der Waals surface area contributed by atoms with Crippen molar-refractivity contribution >= 4 is 60.6 Å². The summed E-state index contributed by atoms with van der Waals surface area (Å²) in [6.07, 6.45) is 2.08. The van der Waals surface area contributed by atoms with Crippen LogP contribution in [0.4, 0.5) is 29.8 Å². The number of ether oxygens (including phenoxy) is 2. The van der Waals surface area contributed by atoms with Gasteiger partial charge in [-0.05, 0) is 57.9 Å². The number of nitrogens with zero attached hydrogens (tertiary/aromatic N) is 6. The Morgan fingerprint density at radius 3 is 2.78 bits per heavy atom. The van der Waals surface area contributed by atoms with E-state index in [2.05, 4.69) is 14.9 Å². The van der Waals surface area contributed by atoms with Gasteiger partial charge in [0.25, 0.3) is 0 Å². The minimum Gasteiger partial charge on any atom is -0.486 e. The first-order valence-electron chi connectivity index (χ1n) is 16.7. The Morgan fingerprint density at radius 1 is 1.22 bits per heavy atom. The van der Waals surface area contributed by atoms with Crippen molar-refractivity contribution in [1.82, 2.24) is 19.9 Å². The third-order valence-corrected chi connectivity index (χ3v) is 12.2.